The molecule has 0 amide bonds. The highest BCUT2D eigenvalue weighted by Crippen LogP contribution is 2.12. The van der Waals surface area contributed by atoms with Gasteiger partial charge in [0.25, 0.3) is 0 Å². The van der Waals surface area contributed by atoms with Crippen molar-refractivity contribution in [3.05, 3.63) is 97.2 Å². The van der Waals surface area contributed by atoms with E-state index in [1.54, 1.807) is 0 Å². The normalized spacial score (nSPS) is 13.0. The van der Waals surface area contributed by atoms with Gasteiger partial charge in [-0.2, -0.15) is 0 Å². The van der Waals surface area contributed by atoms with Gasteiger partial charge in [-0.3, -0.25) is 14.4 Å². The lowest BCUT2D eigenvalue weighted by Crippen LogP contribution is -2.30. The van der Waals surface area contributed by atoms with E-state index in [1.165, 1.54) is 12.8 Å². The molecular formula is C48H76O6. The third-order valence-corrected chi connectivity index (χ3v) is 8.46. The van der Waals surface area contributed by atoms with Gasteiger partial charge in [0, 0.05) is 19.3 Å². The van der Waals surface area contributed by atoms with Crippen molar-refractivity contribution >= 4 is 17.9 Å². The summed E-state index contributed by atoms with van der Waals surface area (Å²) < 4.78 is 16.6. The van der Waals surface area contributed by atoms with E-state index in [9.17, 15) is 14.4 Å². The summed E-state index contributed by atoms with van der Waals surface area (Å²) in [5, 5.41) is 0. The zero-order valence-electron chi connectivity index (χ0n) is 34.4. The number of ether oxygens (including phenoxy) is 3. The number of carbonyl (C=O) groups excluding carboxylic acids is 3. The number of unbranched alkanes of at least 4 members (excludes halogenated alkanes) is 14. The van der Waals surface area contributed by atoms with Crippen LogP contribution in [0.15, 0.2) is 97.2 Å². The highest BCUT2D eigenvalue weighted by molar-refractivity contribution is 5.71. The van der Waals surface area contributed by atoms with Crippen molar-refractivity contribution in [3.63, 3.8) is 0 Å². The highest BCUT2D eigenvalue weighted by atomic mass is 16.6. The third-order valence-electron chi connectivity index (χ3n) is 8.46. The van der Waals surface area contributed by atoms with Crippen LogP contribution < -0.4 is 0 Å². The maximum absolute atomic E-state index is 12.7. The van der Waals surface area contributed by atoms with Crippen molar-refractivity contribution in [3.8, 4) is 0 Å². The molecule has 6 nitrogen and oxygen atoms in total. The molecule has 0 aliphatic carbocycles. The molecule has 0 heterocycles. The molecule has 1 unspecified atom stereocenters. The fourth-order valence-corrected chi connectivity index (χ4v) is 5.25. The molecular weight excluding hydrogens is 673 g/mol. The number of allylic oxidation sites excluding steroid dienone is 16. The van der Waals surface area contributed by atoms with Crippen LogP contribution in [0.5, 0.6) is 0 Å². The molecule has 0 aliphatic rings. The lowest BCUT2D eigenvalue weighted by atomic mass is 10.1. The minimum atomic E-state index is -0.807. The van der Waals surface area contributed by atoms with Crippen LogP contribution in [0, 0.1) is 0 Å². The molecule has 1 atom stereocenters. The summed E-state index contributed by atoms with van der Waals surface area (Å²) in [5.74, 6) is -0.995. The Labute approximate surface area is 330 Å². The van der Waals surface area contributed by atoms with Crippen molar-refractivity contribution in [1.82, 2.24) is 0 Å². The minimum absolute atomic E-state index is 0.107. The van der Waals surface area contributed by atoms with E-state index in [4.69, 9.17) is 14.2 Å². The molecule has 0 aromatic rings. The fraction of sp³-hybridized carbons (Fsp3) is 0.604. The Balaban J connectivity index is 4.53. The molecule has 0 saturated carbocycles. The van der Waals surface area contributed by atoms with E-state index in [0.29, 0.717) is 19.3 Å². The Kier molecular flexibility index (Phi) is 39.2. The number of rotatable bonds is 36. The first-order valence-corrected chi connectivity index (χ1v) is 21.3. The summed E-state index contributed by atoms with van der Waals surface area (Å²) in [5.41, 5.74) is 0. The van der Waals surface area contributed by atoms with Crippen molar-refractivity contribution in [2.45, 2.75) is 175 Å². The van der Waals surface area contributed by atoms with Crippen molar-refractivity contribution in [2.24, 2.45) is 0 Å². The van der Waals surface area contributed by atoms with Gasteiger partial charge in [-0.05, 0) is 77.0 Å². The number of esters is 3. The first-order chi connectivity index (χ1) is 26.5. The number of hydrogen-bond donors (Lipinski definition) is 0. The lowest BCUT2D eigenvalue weighted by molar-refractivity contribution is -0.167. The number of hydrogen-bond acceptors (Lipinski definition) is 6. The van der Waals surface area contributed by atoms with Crippen molar-refractivity contribution in [1.29, 1.82) is 0 Å². The molecule has 304 valence electrons. The lowest BCUT2D eigenvalue weighted by Gasteiger charge is -2.18. The van der Waals surface area contributed by atoms with Crippen LogP contribution in [0.3, 0.4) is 0 Å². The van der Waals surface area contributed by atoms with Gasteiger partial charge in [-0.1, -0.05) is 169 Å². The van der Waals surface area contributed by atoms with E-state index in [2.05, 4.69) is 75.5 Å². The summed E-state index contributed by atoms with van der Waals surface area (Å²) in [6.45, 7) is 6.21. The van der Waals surface area contributed by atoms with Gasteiger partial charge in [0.05, 0.1) is 0 Å². The first-order valence-electron chi connectivity index (χ1n) is 21.3. The zero-order valence-corrected chi connectivity index (χ0v) is 34.4. The SMILES string of the molecule is CC\C=C/C=C\C=C/C=C\CCCCCC(=O)OCC(COC(=O)CCCCCC/C=C\CCCC)OC(=O)CCCCCCC\C=C/C=C\C=C/CC. The second-order valence-corrected chi connectivity index (χ2v) is 13.6. The van der Waals surface area contributed by atoms with Crippen LogP contribution in [0.4, 0.5) is 0 Å². The number of carbonyl (C=O) groups is 3. The summed E-state index contributed by atoms with van der Waals surface area (Å²) in [4.78, 5) is 37.6. The minimum Gasteiger partial charge on any atom is -0.462 e. The topological polar surface area (TPSA) is 78.9 Å². The monoisotopic (exact) mass is 749 g/mol. The standard InChI is InChI=1S/C48H76O6/c1-4-7-10-13-16-19-22-24-26-29-32-35-38-41-47(50)53-44-45(43-52-46(49)40-37-34-31-28-21-18-15-12-9-6-3)54-48(51)42-39-36-33-30-27-25-23-20-17-14-11-8-5-2/h7-8,10-11,13-20,22-24,26,45H,4-6,9,12,21,25,27-44H2,1-3H3/b10-7-,11-8-,16-13-,17-14-,18-15-,22-19-,23-20-,26-24-. The maximum atomic E-state index is 12.7. The molecule has 6 heteroatoms. The van der Waals surface area contributed by atoms with Gasteiger partial charge < -0.3 is 14.2 Å². The predicted molar refractivity (Wildman–Crippen MR) is 228 cm³/mol. The summed E-state index contributed by atoms with van der Waals surface area (Å²) in [6.07, 6.45) is 53.9. The molecule has 0 N–H and O–H groups in total. The van der Waals surface area contributed by atoms with Gasteiger partial charge in [0.15, 0.2) is 6.10 Å². The molecule has 0 saturated heterocycles. The molecule has 0 aromatic heterocycles. The largest absolute Gasteiger partial charge is 0.462 e. The quantitative estimate of drug-likeness (QED) is 0.0209. The van der Waals surface area contributed by atoms with E-state index in [0.717, 1.165) is 116 Å². The maximum Gasteiger partial charge on any atom is 0.306 e. The van der Waals surface area contributed by atoms with Crippen LogP contribution in [0.1, 0.15) is 168 Å². The van der Waals surface area contributed by atoms with Gasteiger partial charge in [-0.25, -0.2) is 0 Å². The van der Waals surface area contributed by atoms with Crippen LogP contribution in [0.25, 0.3) is 0 Å². The highest BCUT2D eigenvalue weighted by Gasteiger charge is 2.19. The van der Waals surface area contributed by atoms with Gasteiger partial charge in [0.1, 0.15) is 13.2 Å². The predicted octanol–water partition coefficient (Wildman–Crippen LogP) is 13.5. The Morgan fingerprint density at radius 1 is 0.389 bits per heavy atom. The van der Waals surface area contributed by atoms with E-state index in [-0.39, 0.29) is 31.1 Å². The molecule has 0 spiro atoms. The van der Waals surface area contributed by atoms with Crippen molar-refractivity contribution in [2.75, 3.05) is 13.2 Å². The summed E-state index contributed by atoms with van der Waals surface area (Å²) >= 11 is 0. The Morgan fingerprint density at radius 3 is 1.20 bits per heavy atom. The zero-order chi connectivity index (χ0) is 39.4. The molecule has 0 bridgehead atoms. The second kappa shape index (κ2) is 42.1. The average Bonchev–Trinajstić information content (AvgIpc) is 3.17. The van der Waals surface area contributed by atoms with Gasteiger partial charge in [-0.15, -0.1) is 0 Å². The Morgan fingerprint density at radius 2 is 0.741 bits per heavy atom. The molecule has 54 heavy (non-hydrogen) atoms. The van der Waals surface area contributed by atoms with Gasteiger partial charge >= 0.3 is 17.9 Å². The van der Waals surface area contributed by atoms with Crippen LogP contribution in [-0.2, 0) is 28.6 Å². The molecule has 0 aliphatic heterocycles. The molecule has 0 rings (SSSR count). The Bertz CT molecular complexity index is 1140. The second-order valence-electron chi connectivity index (χ2n) is 13.6. The first kappa shape index (κ1) is 50.3. The van der Waals surface area contributed by atoms with E-state index < -0.39 is 6.10 Å². The average molecular weight is 749 g/mol. The Hall–Kier alpha value is -3.67. The van der Waals surface area contributed by atoms with Crippen molar-refractivity contribution < 1.29 is 28.6 Å². The third kappa shape index (κ3) is 39.5. The molecule has 0 fully saturated rings. The van der Waals surface area contributed by atoms with E-state index >= 15 is 0 Å². The summed E-state index contributed by atoms with van der Waals surface area (Å²) in [7, 11) is 0. The van der Waals surface area contributed by atoms with E-state index in [1.807, 2.05) is 42.5 Å². The molecule has 0 radical (unpaired) electrons. The fourth-order valence-electron chi connectivity index (χ4n) is 5.25. The van der Waals surface area contributed by atoms with Crippen LogP contribution in [-0.4, -0.2) is 37.2 Å². The smallest absolute Gasteiger partial charge is 0.306 e. The molecule has 0 aromatic carbocycles. The van der Waals surface area contributed by atoms with Crippen LogP contribution >= 0.6 is 0 Å². The van der Waals surface area contributed by atoms with Gasteiger partial charge in [0.2, 0.25) is 0 Å². The van der Waals surface area contributed by atoms with Crippen LogP contribution in [0.2, 0.25) is 0 Å². The summed E-state index contributed by atoms with van der Waals surface area (Å²) in [6, 6.07) is 0.